The number of aromatic nitrogens is 1. The topological polar surface area (TPSA) is 104 Å². The van der Waals surface area contributed by atoms with Gasteiger partial charge in [-0.1, -0.05) is 13.0 Å². The van der Waals surface area contributed by atoms with Crippen molar-refractivity contribution < 1.29 is 42.4 Å². The number of anilines is 1. The first-order chi connectivity index (χ1) is 15.7. The second kappa shape index (κ2) is 8.58. The van der Waals surface area contributed by atoms with E-state index in [1.807, 2.05) is 0 Å². The molecule has 12 heteroatoms. The lowest BCUT2D eigenvalue weighted by atomic mass is 9.77. The number of benzene rings is 1. The first-order valence-corrected chi connectivity index (χ1v) is 9.56. The molecular weight excluding hydrogens is 453 g/mol. The Morgan fingerprint density at radius 2 is 2.00 bits per heavy atom. The van der Waals surface area contributed by atoms with Crippen LogP contribution in [0.1, 0.15) is 37.2 Å². The smallest absolute Gasteiger partial charge is 0.417 e. The van der Waals surface area contributed by atoms with Crippen LogP contribution in [-0.4, -0.2) is 41.8 Å². The molecule has 2 heterocycles. The van der Waals surface area contributed by atoms with Gasteiger partial charge in [-0.25, -0.2) is 4.39 Å². The number of ether oxygens (including phenoxy) is 2. The van der Waals surface area contributed by atoms with Crippen molar-refractivity contribution in [3.05, 3.63) is 53.3 Å². The van der Waals surface area contributed by atoms with Crippen LogP contribution in [-0.2, 0) is 9.53 Å². The van der Waals surface area contributed by atoms with Gasteiger partial charge in [-0.05, 0) is 25.1 Å². The van der Waals surface area contributed by atoms with Crippen molar-refractivity contribution in [2.24, 2.45) is 11.7 Å². The molecule has 1 aliphatic rings. The van der Waals surface area contributed by atoms with Gasteiger partial charge in [0, 0.05) is 29.3 Å². The van der Waals surface area contributed by atoms with E-state index < -0.39 is 65.0 Å². The van der Waals surface area contributed by atoms with Crippen LogP contribution >= 0.6 is 0 Å². The molecule has 0 radical (unpaired) electrons. The Balaban J connectivity index is 2.12. The number of amides is 2. The average Bonchev–Trinajstić information content (AvgIpc) is 3.04. The minimum Gasteiger partial charge on any atom is -0.493 e. The Bertz CT molecular complexity index is 1150. The fourth-order valence-corrected chi connectivity index (χ4v) is 3.83. The highest BCUT2D eigenvalue weighted by molar-refractivity contribution is 5.97. The van der Waals surface area contributed by atoms with Crippen molar-refractivity contribution in [1.29, 1.82) is 0 Å². The number of hydrogen-bond donors (Lipinski definition) is 2. The van der Waals surface area contributed by atoms with E-state index in [0.29, 0.717) is 0 Å². The SMILES string of the molecule is [2H]c1cc([C@H]2[C@@H](C(=O)Nc3ccnc(C(N)=O)c3)O[C@](C)(C(F)(F)F)[C@H]2C)c(OC)c(F)c1F. The summed E-state index contributed by atoms with van der Waals surface area (Å²) in [5.41, 5.74) is 1.74. The molecule has 7 nitrogen and oxygen atoms in total. The Morgan fingerprint density at radius 1 is 1.33 bits per heavy atom. The summed E-state index contributed by atoms with van der Waals surface area (Å²) in [5, 5.41) is 2.33. The van der Waals surface area contributed by atoms with E-state index in [0.717, 1.165) is 39.3 Å². The summed E-state index contributed by atoms with van der Waals surface area (Å²) in [4.78, 5) is 28.1. The molecule has 1 aromatic carbocycles. The second-order valence-corrected chi connectivity index (χ2v) is 7.65. The van der Waals surface area contributed by atoms with Gasteiger partial charge in [0.2, 0.25) is 5.82 Å². The summed E-state index contributed by atoms with van der Waals surface area (Å²) in [7, 11) is 0.978. The van der Waals surface area contributed by atoms with E-state index in [-0.39, 0.29) is 16.9 Å². The van der Waals surface area contributed by atoms with E-state index >= 15 is 0 Å². The molecule has 0 aliphatic carbocycles. The van der Waals surface area contributed by atoms with Gasteiger partial charge in [-0.15, -0.1) is 0 Å². The molecule has 1 aliphatic heterocycles. The number of pyridine rings is 1. The normalized spacial score (nSPS) is 25.5. The summed E-state index contributed by atoms with van der Waals surface area (Å²) < 4.78 is 88.2. The maximum atomic E-state index is 14.5. The van der Waals surface area contributed by atoms with E-state index in [4.69, 9.17) is 16.6 Å². The van der Waals surface area contributed by atoms with Crippen molar-refractivity contribution >= 4 is 17.5 Å². The molecule has 1 fully saturated rings. The van der Waals surface area contributed by atoms with Gasteiger partial charge in [0.1, 0.15) is 11.8 Å². The molecule has 0 saturated carbocycles. The molecule has 4 atom stereocenters. The van der Waals surface area contributed by atoms with Crippen LogP contribution < -0.4 is 15.8 Å². The lowest BCUT2D eigenvalue weighted by Gasteiger charge is -2.32. The molecule has 178 valence electrons. The molecule has 2 aromatic rings. The first-order valence-electron chi connectivity index (χ1n) is 10.1. The predicted molar refractivity (Wildman–Crippen MR) is 106 cm³/mol. The Morgan fingerprint density at radius 3 is 2.58 bits per heavy atom. The number of nitrogens with two attached hydrogens (primary N) is 1. The number of alkyl halides is 3. The first kappa shape index (κ1) is 22.9. The summed E-state index contributed by atoms with van der Waals surface area (Å²) >= 11 is 0. The monoisotopic (exact) mass is 474 g/mol. The number of nitrogens with zero attached hydrogens (tertiary/aromatic N) is 1. The molecule has 0 spiro atoms. The number of methoxy groups -OCH3 is 1. The van der Waals surface area contributed by atoms with Gasteiger partial charge in [-0.2, -0.15) is 17.6 Å². The number of rotatable bonds is 5. The van der Waals surface area contributed by atoms with Crippen LogP contribution in [0.25, 0.3) is 0 Å². The van der Waals surface area contributed by atoms with Crippen LogP contribution in [0.4, 0.5) is 27.6 Å². The zero-order valence-corrected chi connectivity index (χ0v) is 17.6. The number of halogens is 5. The van der Waals surface area contributed by atoms with Crippen LogP contribution in [0.5, 0.6) is 5.75 Å². The fraction of sp³-hybridized carbons (Fsp3) is 0.381. The van der Waals surface area contributed by atoms with Crippen molar-refractivity contribution in [1.82, 2.24) is 4.98 Å². The molecule has 1 aromatic heterocycles. The number of nitrogens with one attached hydrogen (secondary N) is 1. The average molecular weight is 474 g/mol. The van der Waals surface area contributed by atoms with E-state index in [1.165, 1.54) is 6.07 Å². The summed E-state index contributed by atoms with van der Waals surface area (Å²) in [6.07, 6.45) is -5.65. The van der Waals surface area contributed by atoms with Gasteiger partial charge < -0.3 is 20.5 Å². The zero-order valence-electron chi connectivity index (χ0n) is 18.6. The standard InChI is InChI=1S/C21H20F5N3O4/c1-9-14(11-4-5-12(22)15(23)16(11)32-3)17(33-20(9,2)21(24,25)26)19(31)29-10-6-7-28-13(8-10)18(27)30/h4-9,14,17H,1-3H3,(H2,27,30)(H,28,29,31)/t9-,14-,17-,20-/m0/s1/i5D. The summed E-state index contributed by atoms with van der Waals surface area (Å²) in [6, 6.07) is 2.25. The maximum Gasteiger partial charge on any atom is 0.417 e. The molecule has 3 N–H and O–H groups in total. The van der Waals surface area contributed by atoms with Crippen LogP contribution in [0.3, 0.4) is 0 Å². The molecule has 33 heavy (non-hydrogen) atoms. The lowest BCUT2D eigenvalue weighted by Crippen LogP contribution is -2.47. The Hall–Kier alpha value is -3.28. The van der Waals surface area contributed by atoms with Gasteiger partial charge in [-0.3, -0.25) is 14.6 Å². The number of primary amides is 1. The maximum absolute atomic E-state index is 14.5. The highest BCUT2D eigenvalue weighted by Crippen LogP contribution is 2.55. The van der Waals surface area contributed by atoms with Gasteiger partial charge in [0.25, 0.3) is 11.8 Å². The zero-order chi connectivity index (χ0) is 25.6. The van der Waals surface area contributed by atoms with Crippen molar-refractivity contribution in [2.45, 2.75) is 37.6 Å². The molecule has 0 unspecified atom stereocenters. The summed E-state index contributed by atoms with van der Waals surface area (Å²) in [5.74, 6) is -8.81. The fourth-order valence-electron chi connectivity index (χ4n) is 3.83. The predicted octanol–water partition coefficient (Wildman–Crippen LogP) is 3.55. The highest BCUT2D eigenvalue weighted by atomic mass is 19.4. The van der Waals surface area contributed by atoms with Crippen LogP contribution in [0.2, 0.25) is 0 Å². The summed E-state index contributed by atoms with van der Waals surface area (Å²) in [6.45, 7) is 1.89. The Kier molecular flexibility index (Phi) is 5.95. The minimum atomic E-state index is -4.94. The van der Waals surface area contributed by atoms with Gasteiger partial charge in [0.15, 0.2) is 17.2 Å². The number of carbonyl (C=O) groups is 2. The quantitative estimate of drug-likeness (QED) is 0.646. The molecular formula is C21H20F5N3O4. The lowest BCUT2D eigenvalue weighted by molar-refractivity contribution is -0.272. The molecule has 3 rings (SSSR count). The van der Waals surface area contributed by atoms with Gasteiger partial charge >= 0.3 is 6.18 Å². The molecule has 1 saturated heterocycles. The van der Waals surface area contributed by atoms with E-state index in [1.54, 1.807) is 0 Å². The van der Waals surface area contributed by atoms with Gasteiger partial charge in [0.05, 0.1) is 8.48 Å². The third-order valence-corrected chi connectivity index (χ3v) is 5.78. The molecule has 2 amide bonds. The van der Waals surface area contributed by atoms with Crippen molar-refractivity contribution in [3.8, 4) is 5.75 Å². The molecule has 0 bridgehead atoms. The third kappa shape index (κ3) is 4.22. The highest BCUT2D eigenvalue weighted by Gasteiger charge is 2.65. The van der Waals surface area contributed by atoms with Crippen LogP contribution in [0, 0.1) is 17.6 Å². The van der Waals surface area contributed by atoms with Crippen LogP contribution in [0.15, 0.2) is 30.4 Å². The van der Waals surface area contributed by atoms with E-state index in [2.05, 4.69) is 10.3 Å². The van der Waals surface area contributed by atoms with Crippen molar-refractivity contribution in [2.75, 3.05) is 12.4 Å². The number of carbonyl (C=O) groups excluding carboxylic acids is 2. The third-order valence-electron chi connectivity index (χ3n) is 5.78. The Labute approximate surface area is 186 Å². The largest absolute Gasteiger partial charge is 0.493 e. The van der Waals surface area contributed by atoms with E-state index in [9.17, 15) is 31.5 Å². The van der Waals surface area contributed by atoms with Crippen molar-refractivity contribution in [3.63, 3.8) is 0 Å². The number of hydrogen-bond acceptors (Lipinski definition) is 5. The minimum absolute atomic E-state index is 0.0113. The second-order valence-electron chi connectivity index (χ2n) is 7.65.